The number of rotatable bonds is 8. The number of methoxy groups -OCH3 is 1. The van der Waals surface area contributed by atoms with Gasteiger partial charge in [0, 0.05) is 0 Å². The van der Waals surface area contributed by atoms with Crippen LogP contribution in [0.5, 0.6) is 0 Å². The minimum atomic E-state index is -1.62. The van der Waals surface area contributed by atoms with Crippen molar-refractivity contribution in [2.45, 2.75) is 31.2 Å². The standard InChI is InChI=1S/C10H18O8/c1-17-8(14)2-3-9(15)18-5-7(13)10(16)6(12)4-11/h6-7,10-13,16H,2-5H2,1H3/t6-,7+,10+/m1/s1. The molecule has 0 radical (unpaired) electrons. The van der Waals surface area contributed by atoms with Crippen molar-refractivity contribution in [1.82, 2.24) is 0 Å². The van der Waals surface area contributed by atoms with E-state index in [1.165, 1.54) is 7.11 Å². The minimum absolute atomic E-state index is 0.146. The molecule has 0 unspecified atom stereocenters. The molecule has 0 rings (SSSR count). The number of aliphatic hydroxyl groups excluding tert-OH is 4. The van der Waals surface area contributed by atoms with Gasteiger partial charge in [0.25, 0.3) is 0 Å². The van der Waals surface area contributed by atoms with Crippen molar-refractivity contribution in [3.63, 3.8) is 0 Å². The van der Waals surface area contributed by atoms with Gasteiger partial charge < -0.3 is 29.9 Å². The van der Waals surface area contributed by atoms with Crippen LogP contribution in [0.3, 0.4) is 0 Å². The van der Waals surface area contributed by atoms with Gasteiger partial charge in [0.2, 0.25) is 0 Å². The normalized spacial score (nSPS) is 15.6. The number of carbonyl (C=O) groups is 2. The predicted molar refractivity (Wildman–Crippen MR) is 57.3 cm³/mol. The molecule has 0 bridgehead atoms. The summed E-state index contributed by atoms with van der Waals surface area (Å²) in [4.78, 5) is 21.8. The topological polar surface area (TPSA) is 134 Å². The Morgan fingerprint density at radius 2 is 1.61 bits per heavy atom. The molecular weight excluding hydrogens is 248 g/mol. The molecule has 0 aromatic rings. The van der Waals surface area contributed by atoms with Crippen LogP contribution in [0.15, 0.2) is 0 Å². The molecule has 0 saturated heterocycles. The molecule has 18 heavy (non-hydrogen) atoms. The van der Waals surface area contributed by atoms with E-state index in [4.69, 9.17) is 10.2 Å². The van der Waals surface area contributed by atoms with Crippen LogP contribution < -0.4 is 0 Å². The smallest absolute Gasteiger partial charge is 0.306 e. The molecule has 0 fully saturated rings. The summed E-state index contributed by atoms with van der Waals surface area (Å²) in [6, 6.07) is 0. The van der Waals surface area contributed by atoms with Gasteiger partial charge in [0.05, 0.1) is 26.6 Å². The molecule has 0 aliphatic rings. The molecule has 106 valence electrons. The Morgan fingerprint density at radius 3 is 2.11 bits per heavy atom. The van der Waals surface area contributed by atoms with E-state index in [1.807, 2.05) is 0 Å². The van der Waals surface area contributed by atoms with Gasteiger partial charge in [0.1, 0.15) is 24.9 Å². The Kier molecular flexibility index (Phi) is 8.21. The molecule has 0 aromatic heterocycles. The molecule has 0 spiro atoms. The highest BCUT2D eigenvalue weighted by atomic mass is 16.5. The van der Waals surface area contributed by atoms with Gasteiger partial charge in [-0.25, -0.2) is 0 Å². The van der Waals surface area contributed by atoms with Crippen molar-refractivity contribution in [3.8, 4) is 0 Å². The van der Waals surface area contributed by atoms with Gasteiger partial charge in [-0.3, -0.25) is 9.59 Å². The molecule has 0 aromatic carbocycles. The number of hydrogen-bond donors (Lipinski definition) is 4. The van der Waals surface area contributed by atoms with E-state index in [0.717, 1.165) is 0 Å². The lowest BCUT2D eigenvalue weighted by molar-refractivity contribution is -0.155. The Balaban J connectivity index is 3.87. The fraction of sp³-hybridized carbons (Fsp3) is 0.800. The van der Waals surface area contributed by atoms with E-state index in [-0.39, 0.29) is 12.8 Å². The van der Waals surface area contributed by atoms with Crippen LogP contribution in [0.1, 0.15) is 12.8 Å². The molecule has 3 atom stereocenters. The first-order chi connectivity index (χ1) is 8.42. The quantitative estimate of drug-likeness (QED) is 0.356. The lowest BCUT2D eigenvalue weighted by Gasteiger charge is -2.21. The fourth-order valence-electron chi connectivity index (χ4n) is 1.02. The molecule has 4 N–H and O–H groups in total. The Labute approximate surface area is 104 Å². The van der Waals surface area contributed by atoms with Crippen molar-refractivity contribution in [2.75, 3.05) is 20.3 Å². The Morgan fingerprint density at radius 1 is 1.06 bits per heavy atom. The summed E-state index contributed by atoms with van der Waals surface area (Å²) in [6.45, 7) is -1.27. The van der Waals surface area contributed by atoms with Crippen LogP contribution in [0.25, 0.3) is 0 Å². The average molecular weight is 266 g/mol. The largest absolute Gasteiger partial charge is 0.469 e. The molecule has 0 amide bonds. The fourth-order valence-corrected chi connectivity index (χ4v) is 1.02. The Bertz CT molecular complexity index is 267. The highest BCUT2D eigenvalue weighted by molar-refractivity contribution is 5.77. The summed E-state index contributed by atoms with van der Waals surface area (Å²) < 4.78 is 8.88. The Hall–Kier alpha value is -1.22. The monoisotopic (exact) mass is 266 g/mol. The molecule has 0 saturated carbocycles. The van der Waals surface area contributed by atoms with Crippen LogP contribution in [-0.2, 0) is 19.1 Å². The van der Waals surface area contributed by atoms with Crippen LogP contribution >= 0.6 is 0 Å². The van der Waals surface area contributed by atoms with E-state index in [0.29, 0.717) is 0 Å². The highest BCUT2D eigenvalue weighted by Crippen LogP contribution is 2.02. The molecule has 8 heteroatoms. The van der Waals surface area contributed by atoms with Crippen molar-refractivity contribution >= 4 is 11.9 Å². The van der Waals surface area contributed by atoms with Crippen LogP contribution in [0.4, 0.5) is 0 Å². The van der Waals surface area contributed by atoms with Crippen LogP contribution in [-0.4, -0.2) is 71.0 Å². The van der Waals surface area contributed by atoms with Crippen molar-refractivity contribution in [2.24, 2.45) is 0 Å². The zero-order chi connectivity index (χ0) is 14.1. The molecule has 0 aliphatic heterocycles. The lowest BCUT2D eigenvalue weighted by atomic mass is 10.1. The molecule has 8 nitrogen and oxygen atoms in total. The van der Waals surface area contributed by atoms with Gasteiger partial charge >= 0.3 is 11.9 Å². The maximum atomic E-state index is 11.1. The number of aliphatic hydroxyl groups is 4. The molecular formula is C10H18O8. The first kappa shape index (κ1) is 16.8. The summed E-state index contributed by atoms with van der Waals surface area (Å²) in [5.41, 5.74) is 0. The highest BCUT2D eigenvalue weighted by Gasteiger charge is 2.25. The number of esters is 2. The maximum Gasteiger partial charge on any atom is 0.306 e. The first-order valence-electron chi connectivity index (χ1n) is 5.29. The number of ether oxygens (including phenoxy) is 2. The summed E-state index contributed by atoms with van der Waals surface area (Å²) in [5.74, 6) is -1.31. The summed E-state index contributed by atoms with van der Waals surface area (Å²) in [6.07, 6.45) is -5.02. The van der Waals surface area contributed by atoms with Gasteiger partial charge in [-0.1, -0.05) is 0 Å². The van der Waals surface area contributed by atoms with Gasteiger partial charge in [-0.05, 0) is 0 Å². The second-order valence-electron chi connectivity index (χ2n) is 3.57. The third-order valence-electron chi connectivity index (χ3n) is 2.15. The average Bonchev–Trinajstić information content (AvgIpc) is 2.39. The van der Waals surface area contributed by atoms with Crippen LogP contribution in [0.2, 0.25) is 0 Å². The van der Waals surface area contributed by atoms with Crippen molar-refractivity contribution in [1.29, 1.82) is 0 Å². The number of carbonyl (C=O) groups excluding carboxylic acids is 2. The zero-order valence-corrected chi connectivity index (χ0v) is 9.98. The second-order valence-corrected chi connectivity index (χ2v) is 3.57. The second kappa shape index (κ2) is 8.81. The SMILES string of the molecule is COC(=O)CCC(=O)OC[C@H](O)[C@@H](O)[C@H](O)CO. The van der Waals surface area contributed by atoms with Crippen molar-refractivity contribution < 1.29 is 39.5 Å². The third kappa shape index (κ3) is 6.50. The first-order valence-corrected chi connectivity index (χ1v) is 5.29. The van der Waals surface area contributed by atoms with Crippen molar-refractivity contribution in [3.05, 3.63) is 0 Å². The lowest BCUT2D eigenvalue weighted by Crippen LogP contribution is -2.42. The maximum absolute atomic E-state index is 11.1. The summed E-state index contributed by atoms with van der Waals surface area (Å²) in [7, 11) is 1.18. The molecule has 0 aliphatic carbocycles. The summed E-state index contributed by atoms with van der Waals surface area (Å²) in [5, 5.41) is 36.1. The third-order valence-corrected chi connectivity index (χ3v) is 2.15. The molecule has 0 heterocycles. The van der Waals surface area contributed by atoms with Gasteiger partial charge in [-0.2, -0.15) is 0 Å². The van der Waals surface area contributed by atoms with E-state index in [1.54, 1.807) is 0 Å². The predicted octanol–water partition coefficient (Wildman–Crippen LogP) is -2.44. The number of hydrogen-bond acceptors (Lipinski definition) is 8. The summed E-state index contributed by atoms with van der Waals surface area (Å²) >= 11 is 0. The van der Waals surface area contributed by atoms with E-state index in [2.05, 4.69) is 9.47 Å². The van der Waals surface area contributed by atoms with Gasteiger partial charge in [0.15, 0.2) is 0 Å². The van der Waals surface area contributed by atoms with E-state index in [9.17, 15) is 19.8 Å². The minimum Gasteiger partial charge on any atom is -0.469 e. The van der Waals surface area contributed by atoms with Gasteiger partial charge in [-0.15, -0.1) is 0 Å². The van der Waals surface area contributed by atoms with Crippen LogP contribution in [0, 0.1) is 0 Å². The zero-order valence-electron chi connectivity index (χ0n) is 9.98. The van der Waals surface area contributed by atoms with E-state index < -0.39 is 43.5 Å². The van der Waals surface area contributed by atoms with E-state index >= 15 is 0 Å².